The second kappa shape index (κ2) is 5.96. The first-order valence-electron chi connectivity index (χ1n) is 6.62. The van der Waals surface area contributed by atoms with Gasteiger partial charge in [-0.1, -0.05) is 6.92 Å². The molecule has 2 bridgehead atoms. The number of hydrogen-bond donors (Lipinski definition) is 1. The van der Waals surface area contributed by atoms with E-state index in [1.54, 1.807) is 0 Å². The Labute approximate surface area is 98.9 Å². The van der Waals surface area contributed by atoms with Crippen LogP contribution >= 0.6 is 0 Å². The summed E-state index contributed by atoms with van der Waals surface area (Å²) in [6.45, 7) is 13.1. The van der Waals surface area contributed by atoms with E-state index in [0.29, 0.717) is 12.1 Å². The first kappa shape index (κ1) is 12.3. The van der Waals surface area contributed by atoms with Gasteiger partial charge < -0.3 is 10.1 Å². The van der Waals surface area contributed by atoms with E-state index in [1.165, 1.54) is 32.7 Å². The van der Waals surface area contributed by atoms with Crippen molar-refractivity contribution in [3.05, 3.63) is 0 Å². The van der Waals surface area contributed by atoms with Crippen molar-refractivity contribution >= 4 is 0 Å². The fourth-order valence-electron chi connectivity index (χ4n) is 2.85. The molecule has 94 valence electrons. The molecule has 0 saturated carbocycles. The summed E-state index contributed by atoms with van der Waals surface area (Å²) in [5, 5.41) is 3.58. The van der Waals surface area contributed by atoms with Gasteiger partial charge in [0.05, 0.1) is 6.61 Å². The maximum absolute atomic E-state index is 5.60. The zero-order valence-electron chi connectivity index (χ0n) is 10.6. The van der Waals surface area contributed by atoms with Gasteiger partial charge in [0.15, 0.2) is 0 Å². The lowest BCUT2D eigenvalue weighted by atomic mass is 10.0. The van der Waals surface area contributed by atoms with Gasteiger partial charge in [0, 0.05) is 51.4 Å². The Morgan fingerprint density at radius 3 is 2.50 bits per heavy atom. The molecule has 0 amide bonds. The van der Waals surface area contributed by atoms with Crippen molar-refractivity contribution in [2.24, 2.45) is 0 Å². The molecule has 2 atom stereocenters. The minimum Gasteiger partial charge on any atom is -0.380 e. The monoisotopic (exact) mass is 227 g/mol. The highest BCUT2D eigenvalue weighted by atomic mass is 16.5. The maximum atomic E-state index is 5.60. The topological polar surface area (TPSA) is 27.7 Å². The maximum Gasteiger partial charge on any atom is 0.0635 e. The smallest absolute Gasteiger partial charge is 0.0635 e. The van der Waals surface area contributed by atoms with Crippen molar-refractivity contribution in [1.82, 2.24) is 15.1 Å². The zero-order chi connectivity index (χ0) is 11.4. The number of nitrogens with one attached hydrogen (secondary N) is 1. The van der Waals surface area contributed by atoms with Gasteiger partial charge in [0.2, 0.25) is 0 Å². The minimum atomic E-state index is 0.494. The number of rotatable bonds is 6. The summed E-state index contributed by atoms with van der Waals surface area (Å²) in [6, 6.07) is 1.14. The third-order valence-electron chi connectivity index (χ3n) is 3.75. The van der Waals surface area contributed by atoms with E-state index in [0.717, 1.165) is 19.8 Å². The lowest BCUT2D eigenvalue weighted by Gasteiger charge is -2.50. The first-order valence-corrected chi connectivity index (χ1v) is 6.62. The van der Waals surface area contributed by atoms with Gasteiger partial charge in [-0.2, -0.15) is 0 Å². The highest BCUT2D eigenvalue weighted by Gasteiger charge is 2.36. The van der Waals surface area contributed by atoms with E-state index in [2.05, 4.69) is 29.0 Å². The van der Waals surface area contributed by atoms with E-state index in [-0.39, 0.29) is 0 Å². The van der Waals surface area contributed by atoms with Crippen LogP contribution in [0.25, 0.3) is 0 Å². The molecule has 3 aliphatic heterocycles. The number of fused-ring (bicyclic) bond motifs is 3. The molecule has 3 rings (SSSR count). The lowest BCUT2D eigenvalue weighted by molar-refractivity contribution is -0.0199. The molecule has 0 aromatic rings. The third-order valence-corrected chi connectivity index (χ3v) is 3.75. The molecule has 3 fully saturated rings. The van der Waals surface area contributed by atoms with E-state index >= 15 is 0 Å². The molecule has 2 unspecified atom stereocenters. The summed E-state index contributed by atoms with van der Waals surface area (Å²) >= 11 is 0. The fourth-order valence-corrected chi connectivity index (χ4v) is 2.85. The Morgan fingerprint density at radius 2 is 2.00 bits per heavy atom. The molecule has 0 aliphatic carbocycles. The van der Waals surface area contributed by atoms with Crippen LogP contribution in [0.3, 0.4) is 0 Å². The summed E-state index contributed by atoms with van der Waals surface area (Å²) < 4.78 is 5.60. The van der Waals surface area contributed by atoms with Crippen LogP contribution in [0.1, 0.15) is 13.8 Å². The average molecular weight is 227 g/mol. The van der Waals surface area contributed by atoms with E-state index < -0.39 is 0 Å². The predicted octanol–water partition coefficient (Wildman–Crippen LogP) is 0.000800. The number of nitrogens with zero attached hydrogens (tertiary/aromatic N) is 2. The van der Waals surface area contributed by atoms with Gasteiger partial charge in [-0.05, 0) is 13.5 Å². The predicted molar refractivity (Wildman–Crippen MR) is 65.8 cm³/mol. The normalized spacial score (nSPS) is 35.2. The standard InChI is InChI=1S/C12H25N3O/c1-3-13-11(10-16-4-2)12-9-14-5-7-15(12)8-6-14/h11-13H,3-10H2,1-2H3. The summed E-state index contributed by atoms with van der Waals surface area (Å²) in [5.41, 5.74) is 0. The fraction of sp³-hybridized carbons (Fsp3) is 1.00. The molecule has 3 saturated heterocycles. The highest BCUT2D eigenvalue weighted by Crippen LogP contribution is 2.18. The molecule has 0 aromatic carbocycles. The number of likely N-dealkylation sites (N-methyl/N-ethyl adjacent to an activating group) is 1. The van der Waals surface area contributed by atoms with Crippen molar-refractivity contribution in [2.75, 3.05) is 52.5 Å². The van der Waals surface area contributed by atoms with Crippen molar-refractivity contribution < 1.29 is 4.74 Å². The quantitative estimate of drug-likeness (QED) is 0.691. The second-order valence-corrected chi connectivity index (χ2v) is 4.73. The average Bonchev–Trinajstić information content (AvgIpc) is 2.36. The van der Waals surface area contributed by atoms with Crippen LogP contribution in [0.2, 0.25) is 0 Å². The van der Waals surface area contributed by atoms with Crippen molar-refractivity contribution in [3.63, 3.8) is 0 Å². The third kappa shape index (κ3) is 2.74. The van der Waals surface area contributed by atoms with Crippen molar-refractivity contribution in [2.45, 2.75) is 25.9 Å². The Bertz CT molecular complexity index is 204. The van der Waals surface area contributed by atoms with Gasteiger partial charge in [0.1, 0.15) is 0 Å². The molecule has 3 aliphatic rings. The first-order chi connectivity index (χ1) is 7.85. The molecule has 4 heteroatoms. The van der Waals surface area contributed by atoms with E-state index in [1.807, 2.05) is 0 Å². The number of hydrogen-bond acceptors (Lipinski definition) is 4. The van der Waals surface area contributed by atoms with Crippen LogP contribution in [0, 0.1) is 0 Å². The summed E-state index contributed by atoms with van der Waals surface area (Å²) in [4.78, 5) is 5.22. The highest BCUT2D eigenvalue weighted by molar-refractivity contribution is 4.94. The van der Waals surface area contributed by atoms with Crippen molar-refractivity contribution in [1.29, 1.82) is 0 Å². The Balaban J connectivity index is 1.91. The molecule has 0 radical (unpaired) electrons. The molecule has 3 heterocycles. The molecular formula is C12H25N3O. The zero-order valence-corrected chi connectivity index (χ0v) is 10.6. The van der Waals surface area contributed by atoms with E-state index in [4.69, 9.17) is 4.74 Å². The van der Waals surface area contributed by atoms with Crippen LogP contribution in [-0.4, -0.2) is 74.4 Å². The van der Waals surface area contributed by atoms with Gasteiger partial charge in [-0.25, -0.2) is 0 Å². The Kier molecular flexibility index (Phi) is 4.58. The lowest BCUT2D eigenvalue weighted by Crippen LogP contribution is -2.67. The molecule has 0 spiro atoms. The Hall–Kier alpha value is -0.160. The molecule has 0 aromatic heterocycles. The van der Waals surface area contributed by atoms with Gasteiger partial charge in [-0.15, -0.1) is 0 Å². The molecular weight excluding hydrogens is 202 g/mol. The summed E-state index contributed by atoms with van der Waals surface area (Å²) in [6.07, 6.45) is 0. The SMILES string of the molecule is CCNC(COCC)C1CN2CCN1CC2. The van der Waals surface area contributed by atoms with Crippen LogP contribution in [0.4, 0.5) is 0 Å². The van der Waals surface area contributed by atoms with Crippen LogP contribution in [0.15, 0.2) is 0 Å². The van der Waals surface area contributed by atoms with Crippen molar-refractivity contribution in [3.8, 4) is 0 Å². The van der Waals surface area contributed by atoms with Gasteiger partial charge >= 0.3 is 0 Å². The number of piperazine rings is 3. The van der Waals surface area contributed by atoms with Crippen LogP contribution in [0.5, 0.6) is 0 Å². The van der Waals surface area contributed by atoms with Gasteiger partial charge in [-0.3, -0.25) is 9.80 Å². The van der Waals surface area contributed by atoms with E-state index in [9.17, 15) is 0 Å². The van der Waals surface area contributed by atoms with Crippen LogP contribution < -0.4 is 5.32 Å². The number of ether oxygens (including phenoxy) is 1. The second-order valence-electron chi connectivity index (χ2n) is 4.73. The molecule has 4 nitrogen and oxygen atoms in total. The van der Waals surface area contributed by atoms with Gasteiger partial charge in [0.25, 0.3) is 0 Å². The Morgan fingerprint density at radius 1 is 1.25 bits per heavy atom. The largest absolute Gasteiger partial charge is 0.380 e. The molecule has 1 N–H and O–H groups in total. The minimum absolute atomic E-state index is 0.494. The summed E-state index contributed by atoms with van der Waals surface area (Å²) in [7, 11) is 0. The molecule has 16 heavy (non-hydrogen) atoms. The van der Waals surface area contributed by atoms with Crippen LogP contribution in [-0.2, 0) is 4.74 Å². The summed E-state index contributed by atoms with van der Waals surface area (Å²) in [5.74, 6) is 0.